The second-order valence-corrected chi connectivity index (χ2v) is 6.36. The lowest BCUT2D eigenvalue weighted by atomic mass is 9.96. The third-order valence-corrected chi connectivity index (χ3v) is 4.33. The van der Waals surface area contributed by atoms with Crippen LogP contribution in [0, 0.1) is 19.3 Å². The Bertz CT molecular complexity index is 838. The van der Waals surface area contributed by atoms with E-state index in [4.69, 9.17) is 6.42 Å². The molecule has 0 aliphatic heterocycles. The molecule has 0 radical (unpaired) electrons. The number of terminal acetylenes is 1. The van der Waals surface area contributed by atoms with Crippen molar-refractivity contribution in [2.45, 2.75) is 32.6 Å². The van der Waals surface area contributed by atoms with Crippen LogP contribution in [-0.2, 0) is 17.6 Å². The van der Waals surface area contributed by atoms with Gasteiger partial charge >= 0.3 is 0 Å². The van der Waals surface area contributed by atoms with Crippen LogP contribution in [-0.4, -0.2) is 29.5 Å². The average molecular weight is 334 g/mol. The number of aryl methyl sites for hydroxylation is 2. The second-order valence-electron chi connectivity index (χ2n) is 6.36. The fourth-order valence-electron chi connectivity index (χ4n) is 3.19. The summed E-state index contributed by atoms with van der Waals surface area (Å²) in [6.45, 7) is 2.13. The van der Waals surface area contributed by atoms with E-state index in [0.717, 1.165) is 42.2 Å². The number of rotatable bonds is 4. The molecule has 2 aromatic rings. The molecule has 5 heteroatoms. The molecule has 0 fully saturated rings. The van der Waals surface area contributed by atoms with Crippen molar-refractivity contribution in [3.8, 4) is 12.3 Å². The number of hydrogen-bond acceptors (Lipinski definition) is 4. The van der Waals surface area contributed by atoms with Crippen LogP contribution in [0.5, 0.6) is 0 Å². The number of carbonyl (C=O) groups excluding carboxylic acids is 1. The van der Waals surface area contributed by atoms with Crippen molar-refractivity contribution in [3.63, 3.8) is 0 Å². The third-order valence-electron chi connectivity index (χ3n) is 4.33. The zero-order valence-electron chi connectivity index (χ0n) is 14.7. The Hall–Kier alpha value is -2.87. The fraction of sp³-hybridized carbons (Fsp3) is 0.350. The average Bonchev–Trinajstić information content (AvgIpc) is 2.60. The lowest BCUT2D eigenvalue weighted by Gasteiger charge is -2.25. The Labute approximate surface area is 148 Å². The first-order valence-electron chi connectivity index (χ1n) is 8.51. The van der Waals surface area contributed by atoms with Crippen molar-refractivity contribution in [1.29, 1.82) is 0 Å². The van der Waals surface area contributed by atoms with E-state index in [1.165, 1.54) is 12.0 Å². The van der Waals surface area contributed by atoms with Gasteiger partial charge in [-0.3, -0.25) is 4.79 Å². The van der Waals surface area contributed by atoms with Crippen molar-refractivity contribution in [2.75, 3.05) is 23.8 Å². The highest BCUT2D eigenvalue weighted by molar-refractivity contribution is 5.94. The molecule has 1 amide bonds. The van der Waals surface area contributed by atoms with Gasteiger partial charge in [-0.1, -0.05) is 12.0 Å². The van der Waals surface area contributed by atoms with Gasteiger partial charge in [0.1, 0.15) is 11.6 Å². The van der Waals surface area contributed by atoms with Crippen LogP contribution in [0.4, 0.5) is 11.5 Å². The molecule has 25 heavy (non-hydrogen) atoms. The fourth-order valence-corrected chi connectivity index (χ4v) is 3.19. The van der Waals surface area contributed by atoms with E-state index >= 15 is 0 Å². The molecule has 0 spiro atoms. The van der Waals surface area contributed by atoms with Gasteiger partial charge < -0.3 is 10.2 Å². The zero-order chi connectivity index (χ0) is 17.8. The van der Waals surface area contributed by atoms with Crippen LogP contribution in [0.1, 0.15) is 35.5 Å². The summed E-state index contributed by atoms with van der Waals surface area (Å²) >= 11 is 0. The summed E-state index contributed by atoms with van der Waals surface area (Å²) in [4.78, 5) is 23.5. The number of benzene rings is 1. The van der Waals surface area contributed by atoms with Gasteiger partial charge in [-0.05, 0) is 50.8 Å². The van der Waals surface area contributed by atoms with Gasteiger partial charge in [-0.2, -0.15) is 0 Å². The Morgan fingerprint density at radius 1 is 1.32 bits per heavy atom. The Morgan fingerprint density at radius 2 is 2.12 bits per heavy atom. The van der Waals surface area contributed by atoms with Gasteiger partial charge in [-0.25, -0.2) is 9.97 Å². The lowest BCUT2D eigenvalue weighted by molar-refractivity contribution is -0.114. The van der Waals surface area contributed by atoms with Crippen molar-refractivity contribution >= 4 is 17.4 Å². The van der Waals surface area contributed by atoms with Gasteiger partial charge in [0.2, 0.25) is 5.91 Å². The minimum Gasteiger partial charge on any atom is -0.350 e. The SMILES string of the molecule is C#Cc1cccc(NC(=O)CN(C)c2nc(C)nc3c2CCCC3)c1. The number of carbonyl (C=O) groups is 1. The molecule has 5 nitrogen and oxygen atoms in total. The van der Waals surface area contributed by atoms with Crippen LogP contribution >= 0.6 is 0 Å². The third kappa shape index (κ3) is 3.97. The second kappa shape index (κ2) is 7.35. The highest BCUT2D eigenvalue weighted by atomic mass is 16.2. The van der Waals surface area contributed by atoms with Crippen molar-refractivity contribution in [1.82, 2.24) is 9.97 Å². The number of fused-ring (bicyclic) bond motifs is 1. The van der Waals surface area contributed by atoms with Crippen molar-refractivity contribution in [3.05, 3.63) is 46.9 Å². The monoisotopic (exact) mass is 334 g/mol. The maximum Gasteiger partial charge on any atom is 0.243 e. The van der Waals surface area contributed by atoms with E-state index in [1.54, 1.807) is 6.07 Å². The van der Waals surface area contributed by atoms with Crippen LogP contribution in [0.2, 0.25) is 0 Å². The van der Waals surface area contributed by atoms with E-state index in [9.17, 15) is 4.79 Å². The first-order chi connectivity index (χ1) is 12.1. The number of likely N-dealkylation sites (N-methyl/N-ethyl adjacent to an activating group) is 1. The number of nitrogens with one attached hydrogen (secondary N) is 1. The van der Waals surface area contributed by atoms with Gasteiger partial charge in [0, 0.05) is 29.6 Å². The van der Waals surface area contributed by atoms with Crippen LogP contribution < -0.4 is 10.2 Å². The molecule has 1 N–H and O–H groups in total. The molecule has 128 valence electrons. The summed E-state index contributed by atoms with van der Waals surface area (Å²) in [6.07, 6.45) is 9.67. The van der Waals surface area contributed by atoms with Crippen LogP contribution in [0.25, 0.3) is 0 Å². The molecule has 0 atom stereocenters. The summed E-state index contributed by atoms with van der Waals surface area (Å²) in [5, 5.41) is 2.89. The number of hydrogen-bond donors (Lipinski definition) is 1. The minimum atomic E-state index is -0.0995. The standard InChI is InChI=1S/C20H22N4O/c1-4-15-8-7-9-16(12-15)23-19(25)13-24(3)20-17-10-5-6-11-18(17)21-14(2)22-20/h1,7-9,12H,5-6,10-11,13H2,2-3H3,(H,23,25). The van der Waals surface area contributed by atoms with Crippen LogP contribution in [0.3, 0.4) is 0 Å². The smallest absolute Gasteiger partial charge is 0.243 e. The molecule has 1 aliphatic rings. The van der Waals surface area contributed by atoms with Gasteiger partial charge in [0.05, 0.1) is 6.54 Å². The number of amides is 1. The molecule has 0 bridgehead atoms. The lowest BCUT2D eigenvalue weighted by Crippen LogP contribution is -2.32. The normalized spacial score (nSPS) is 12.8. The summed E-state index contributed by atoms with van der Waals surface area (Å²) in [5.41, 5.74) is 3.76. The molecule has 1 heterocycles. The zero-order valence-corrected chi connectivity index (χ0v) is 14.7. The molecule has 3 rings (SSSR count). The summed E-state index contributed by atoms with van der Waals surface area (Å²) in [7, 11) is 1.90. The quantitative estimate of drug-likeness (QED) is 0.874. The maximum absolute atomic E-state index is 12.4. The summed E-state index contributed by atoms with van der Waals surface area (Å²) in [6, 6.07) is 7.28. The molecular weight excluding hydrogens is 312 g/mol. The Kier molecular flexibility index (Phi) is 4.99. The van der Waals surface area contributed by atoms with E-state index in [2.05, 4.69) is 21.2 Å². The van der Waals surface area contributed by atoms with Crippen molar-refractivity contribution < 1.29 is 4.79 Å². The maximum atomic E-state index is 12.4. The highest BCUT2D eigenvalue weighted by Gasteiger charge is 2.20. The molecule has 0 saturated heterocycles. The molecule has 0 saturated carbocycles. The van der Waals surface area contributed by atoms with Gasteiger partial charge in [-0.15, -0.1) is 6.42 Å². The predicted molar refractivity (Wildman–Crippen MR) is 99.7 cm³/mol. The number of aromatic nitrogens is 2. The molecular formula is C20H22N4O. The van der Waals surface area contributed by atoms with Gasteiger partial charge in [0.25, 0.3) is 0 Å². The molecule has 1 aromatic heterocycles. The van der Waals surface area contributed by atoms with Crippen LogP contribution in [0.15, 0.2) is 24.3 Å². The Morgan fingerprint density at radius 3 is 2.92 bits per heavy atom. The van der Waals surface area contributed by atoms with Gasteiger partial charge in [0.15, 0.2) is 0 Å². The first-order valence-corrected chi connectivity index (χ1v) is 8.51. The highest BCUT2D eigenvalue weighted by Crippen LogP contribution is 2.27. The number of nitrogens with zero attached hydrogens (tertiary/aromatic N) is 3. The minimum absolute atomic E-state index is 0.0995. The number of anilines is 2. The topological polar surface area (TPSA) is 58.1 Å². The molecule has 1 aromatic carbocycles. The summed E-state index contributed by atoms with van der Waals surface area (Å²) < 4.78 is 0. The van der Waals surface area contributed by atoms with E-state index in [0.29, 0.717) is 5.69 Å². The first kappa shape index (κ1) is 17.0. The molecule has 0 unspecified atom stereocenters. The largest absolute Gasteiger partial charge is 0.350 e. The predicted octanol–water partition coefficient (Wildman–Crippen LogP) is 2.72. The Balaban J connectivity index is 1.74. The summed E-state index contributed by atoms with van der Waals surface area (Å²) in [5.74, 6) is 4.09. The van der Waals surface area contributed by atoms with Crippen molar-refractivity contribution in [2.24, 2.45) is 0 Å². The van der Waals surface area contributed by atoms with E-state index < -0.39 is 0 Å². The van der Waals surface area contributed by atoms with E-state index in [1.807, 2.05) is 37.1 Å². The molecule has 1 aliphatic carbocycles. The van der Waals surface area contributed by atoms with E-state index in [-0.39, 0.29) is 12.5 Å².